The predicted molar refractivity (Wildman–Crippen MR) is 136 cm³/mol. The van der Waals surface area contributed by atoms with Gasteiger partial charge in [0.1, 0.15) is 5.60 Å². The number of benzene rings is 4. The average molecular weight is 437 g/mol. The molecule has 0 amide bonds. The smallest absolute Gasteiger partial charge is 0.331 e. The Labute approximate surface area is 197 Å². The number of nitrogens with zero attached hydrogens (tertiary/aromatic N) is 1. The first kappa shape index (κ1) is 21.1. The lowest BCUT2D eigenvalue weighted by atomic mass is 9.99. The molecule has 4 aromatic carbocycles. The summed E-state index contributed by atoms with van der Waals surface area (Å²) in [6.07, 6.45) is 0.0932. The Bertz CT molecular complexity index is 1270. The van der Waals surface area contributed by atoms with Crippen LogP contribution in [0.5, 0.6) is 0 Å². The van der Waals surface area contributed by atoms with E-state index in [9.17, 15) is 6.17 Å². The van der Waals surface area contributed by atoms with E-state index in [4.69, 9.17) is 9.73 Å². The number of hydrogen-bond acceptors (Lipinski definition) is 3. The van der Waals surface area contributed by atoms with E-state index in [2.05, 4.69) is 0 Å². The largest absolute Gasteiger partial charge is 0.458 e. The van der Waals surface area contributed by atoms with Crippen molar-refractivity contribution >= 4 is 22.5 Å². The number of aliphatic imine (C=N–C) groups is 1. The molecule has 0 radical (unpaired) electrons. The monoisotopic (exact) mass is 436 g/mol. The molecule has 33 heavy (non-hydrogen) atoms. The summed E-state index contributed by atoms with van der Waals surface area (Å²) in [5.74, 6) is -0.669. The number of ether oxygens (including phenoxy) is 1. The molecule has 0 unspecified atom stereocenters. The third kappa shape index (κ3) is 5.95. The molecule has 0 aliphatic carbocycles. The summed E-state index contributed by atoms with van der Waals surface area (Å²) in [7, 11) is 0. The van der Waals surface area contributed by atoms with E-state index >= 15 is 0 Å². The quantitative estimate of drug-likeness (QED) is 0.251. The lowest BCUT2D eigenvalue weighted by Gasteiger charge is -2.23. The van der Waals surface area contributed by atoms with E-state index in [-0.39, 0.29) is 6.42 Å². The topological polar surface area (TPSA) is 38.7 Å². The van der Waals surface area contributed by atoms with Crippen molar-refractivity contribution < 1.29 is 10.9 Å². The van der Waals surface area contributed by atoms with Gasteiger partial charge in [-0.2, -0.15) is 0 Å². The maximum atomic E-state index is 13.4. The number of hydrogen-bond donors (Lipinski definition) is 0. The van der Waals surface area contributed by atoms with Crippen LogP contribution >= 0.6 is 0 Å². The Kier molecular flexibility index (Phi) is 6.30. The van der Waals surface area contributed by atoms with Gasteiger partial charge in [-0.25, -0.2) is 4.79 Å². The molecule has 0 N–H and O–H groups in total. The summed E-state index contributed by atoms with van der Waals surface area (Å²) in [4.78, 5) is 18.2. The second kappa shape index (κ2) is 9.83. The van der Waals surface area contributed by atoms with Crippen LogP contribution in [0.4, 0.5) is 0 Å². The van der Waals surface area contributed by atoms with E-state index in [1.807, 2.05) is 103 Å². The zero-order chi connectivity index (χ0) is 24.2. The highest BCUT2D eigenvalue weighted by molar-refractivity contribution is 6.13. The standard InChI is InChI=1S/C30H29NO2/c1-30(2,3)33-29(32)27(21-22-18-19-23-12-10-11-17-26(23)20-22)31-28(24-13-6-4-7-14-24)25-15-8-5-9-16-25/h4-20,27H,21H2,1-3H3/t27-/m0/s1/i27D. The fourth-order valence-electron chi connectivity index (χ4n) is 3.66. The van der Waals surface area contributed by atoms with Gasteiger partial charge in [0, 0.05) is 17.5 Å². The highest BCUT2D eigenvalue weighted by Gasteiger charge is 2.26. The van der Waals surface area contributed by atoms with Crippen molar-refractivity contribution in [1.29, 1.82) is 0 Å². The predicted octanol–water partition coefficient (Wildman–Crippen LogP) is 6.63. The van der Waals surface area contributed by atoms with Gasteiger partial charge in [-0.3, -0.25) is 4.99 Å². The number of esters is 1. The molecule has 4 aromatic rings. The van der Waals surface area contributed by atoms with Gasteiger partial charge in [-0.1, -0.05) is 103 Å². The van der Waals surface area contributed by atoms with Gasteiger partial charge in [0.05, 0.1) is 7.08 Å². The summed E-state index contributed by atoms with van der Waals surface area (Å²) in [5.41, 5.74) is 2.38. The zero-order valence-electron chi connectivity index (χ0n) is 20.3. The highest BCUT2D eigenvalue weighted by Crippen LogP contribution is 2.21. The molecule has 0 heterocycles. The van der Waals surface area contributed by atoms with Crippen molar-refractivity contribution in [1.82, 2.24) is 0 Å². The van der Waals surface area contributed by atoms with Crippen LogP contribution in [0.3, 0.4) is 0 Å². The van der Waals surface area contributed by atoms with Gasteiger partial charge in [-0.05, 0) is 37.1 Å². The second-order valence-corrected chi connectivity index (χ2v) is 9.00. The fraction of sp³-hybridized carbons (Fsp3) is 0.200. The molecule has 0 aliphatic heterocycles. The SMILES string of the molecule is [2H][C@@](Cc1ccc2ccccc2c1)(N=C(c1ccccc1)c1ccccc1)C(=O)OC(C)(C)C. The zero-order valence-corrected chi connectivity index (χ0v) is 19.3. The minimum atomic E-state index is -1.86. The van der Waals surface area contributed by atoms with E-state index in [0.29, 0.717) is 5.71 Å². The second-order valence-electron chi connectivity index (χ2n) is 9.00. The normalized spacial score (nSPS) is 13.6. The van der Waals surface area contributed by atoms with E-state index in [1.54, 1.807) is 20.8 Å². The van der Waals surface area contributed by atoms with Crippen LogP contribution in [-0.4, -0.2) is 23.3 Å². The molecule has 0 aliphatic rings. The maximum Gasteiger partial charge on any atom is 0.331 e. The van der Waals surface area contributed by atoms with Crippen LogP contribution in [0.1, 0.15) is 38.8 Å². The lowest BCUT2D eigenvalue weighted by molar-refractivity contribution is -0.156. The molecule has 3 nitrogen and oxygen atoms in total. The van der Waals surface area contributed by atoms with Crippen molar-refractivity contribution in [3.8, 4) is 0 Å². The molecular formula is C30H29NO2. The Morgan fingerprint density at radius 3 is 1.94 bits per heavy atom. The first-order chi connectivity index (χ1) is 16.2. The van der Waals surface area contributed by atoms with E-state index < -0.39 is 17.6 Å². The van der Waals surface area contributed by atoms with Crippen LogP contribution < -0.4 is 0 Å². The molecule has 166 valence electrons. The van der Waals surface area contributed by atoms with Gasteiger partial charge in [0.25, 0.3) is 0 Å². The summed E-state index contributed by atoms with van der Waals surface area (Å²) in [6.45, 7) is 5.42. The molecule has 0 fully saturated rings. The lowest BCUT2D eigenvalue weighted by Crippen LogP contribution is -2.33. The van der Waals surface area contributed by atoms with Crippen molar-refractivity contribution in [2.45, 2.75) is 38.8 Å². The van der Waals surface area contributed by atoms with E-state index in [0.717, 1.165) is 27.5 Å². The summed E-state index contributed by atoms with van der Waals surface area (Å²) in [6, 6.07) is 31.5. The molecule has 1 atom stereocenters. The third-order valence-corrected chi connectivity index (χ3v) is 5.16. The maximum absolute atomic E-state index is 13.4. The number of carbonyl (C=O) groups excluding carboxylic acids is 1. The molecule has 0 saturated heterocycles. The number of fused-ring (bicyclic) bond motifs is 1. The molecular weight excluding hydrogens is 406 g/mol. The minimum Gasteiger partial charge on any atom is -0.458 e. The van der Waals surface area contributed by atoms with Crippen LogP contribution in [-0.2, 0) is 16.0 Å². The Balaban J connectivity index is 1.84. The third-order valence-electron chi connectivity index (χ3n) is 5.16. The highest BCUT2D eigenvalue weighted by atomic mass is 16.6. The van der Waals surface area contributed by atoms with Crippen LogP contribution in [0, 0.1) is 0 Å². The molecule has 0 saturated carbocycles. The Morgan fingerprint density at radius 1 is 0.818 bits per heavy atom. The molecule has 0 aromatic heterocycles. The summed E-state index contributed by atoms with van der Waals surface area (Å²) >= 11 is 0. The van der Waals surface area contributed by atoms with Crippen molar-refractivity contribution in [3.05, 3.63) is 120 Å². The molecule has 3 heteroatoms. The Hall–Kier alpha value is -3.72. The van der Waals surface area contributed by atoms with Crippen molar-refractivity contribution in [2.24, 2.45) is 4.99 Å². The van der Waals surface area contributed by atoms with Gasteiger partial charge in [0.15, 0.2) is 6.02 Å². The van der Waals surface area contributed by atoms with Crippen molar-refractivity contribution in [2.75, 3.05) is 0 Å². The Morgan fingerprint density at radius 2 is 1.36 bits per heavy atom. The average Bonchev–Trinajstić information content (AvgIpc) is 2.82. The number of rotatable bonds is 6. The summed E-state index contributed by atoms with van der Waals surface area (Å²) in [5, 5.41) is 2.17. The van der Waals surface area contributed by atoms with Crippen LogP contribution in [0.15, 0.2) is 108 Å². The molecule has 4 rings (SSSR count). The fourth-order valence-corrected chi connectivity index (χ4v) is 3.66. The first-order valence-electron chi connectivity index (χ1n) is 11.7. The van der Waals surface area contributed by atoms with Crippen LogP contribution in [0.2, 0.25) is 0 Å². The molecule has 0 spiro atoms. The first-order valence-corrected chi connectivity index (χ1v) is 11.2. The van der Waals surface area contributed by atoms with Crippen LogP contribution in [0.25, 0.3) is 10.8 Å². The molecule has 0 bridgehead atoms. The van der Waals surface area contributed by atoms with Crippen molar-refractivity contribution in [3.63, 3.8) is 0 Å². The summed E-state index contributed by atoms with van der Waals surface area (Å²) < 4.78 is 15.0. The van der Waals surface area contributed by atoms with Gasteiger partial charge < -0.3 is 4.74 Å². The van der Waals surface area contributed by atoms with E-state index in [1.165, 1.54) is 0 Å². The van der Waals surface area contributed by atoms with Gasteiger partial charge >= 0.3 is 5.97 Å². The minimum absolute atomic E-state index is 0.0932. The van der Waals surface area contributed by atoms with Gasteiger partial charge in [-0.15, -0.1) is 0 Å². The number of carbonyl (C=O) groups is 1. The van der Waals surface area contributed by atoms with Gasteiger partial charge in [0.2, 0.25) is 0 Å².